The zero-order valence-corrected chi connectivity index (χ0v) is 12.5. The molecule has 2 rings (SSSR count). The monoisotopic (exact) mass is 316 g/mol. The summed E-state index contributed by atoms with van der Waals surface area (Å²) in [6.07, 6.45) is -3.80. The first kappa shape index (κ1) is 16.6. The normalized spacial score (nSPS) is 24.4. The van der Waals surface area contributed by atoms with Gasteiger partial charge in [0.25, 0.3) is 0 Å². The van der Waals surface area contributed by atoms with Gasteiger partial charge in [-0.2, -0.15) is 13.2 Å². The van der Waals surface area contributed by atoms with Crippen LogP contribution in [-0.4, -0.2) is 18.1 Å². The highest BCUT2D eigenvalue weighted by molar-refractivity contribution is 5.86. The van der Waals surface area contributed by atoms with Crippen LogP contribution in [0.1, 0.15) is 43.9 Å². The lowest BCUT2D eigenvalue weighted by molar-refractivity contribution is -0.149. The average molecular weight is 316 g/mol. The molecule has 4 nitrogen and oxygen atoms in total. The average Bonchev–Trinajstić information content (AvgIpc) is 2.45. The Morgan fingerprint density at radius 2 is 2.14 bits per heavy atom. The standard InChI is InChI=1S/C15H19F3N2O2/c1-3-14(13(21)22-4-2)8-11(19)10-7-9(15(16,17)18)5-6-12(10)20-14/h5-7,11,20H,3-4,8,19H2,1-2H3/t11-,14+/m0/s1. The Morgan fingerprint density at radius 1 is 1.45 bits per heavy atom. The molecule has 122 valence electrons. The molecule has 0 fully saturated rings. The summed E-state index contributed by atoms with van der Waals surface area (Å²) in [6.45, 7) is 3.75. The van der Waals surface area contributed by atoms with Crippen molar-refractivity contribution in [1.82, 2.24) is 0 Å². The van der Waals surface area contributed by atoms with E-state index in [-0.39, 0.29) is 13.0 Å². The maximum absolute atomic E-state index is 12.8. The van der Waals surface area contributed by atoms with Gasteiger partial charge in [-0.15, -0.1) is 0 Å². The Balaban J connectivity index is 2.40. The molecular formula is C15H19F3N2O2. The summed E-state index contributed by atoms with van der Waals surface area (Å²) in [4.78, 5) is 12.2. The highest BCUT2D eigenvalue weighted by Gasteiger charge is 2.44. The van der Waals surface area contributed by atoms with Gasteiger partial charge in [0.1, 0.15) is 5.54 Å². The van der Waals surface area contributed by atoms with E-state index < -0.39 is 29.3 Å². The minimum Gasteiger partial charge on any atom is -0.464 e. The van der Waals surface area contributed by atoms with Crippen LogP contribution in [0.2, 0.25) is 0 Å². The molecule has 0 spiro atoms. The van der Waals surface area contributed by atoms with Crippen molar-refractivity contribution < 1.29 is 22.7 Å². The van der Waals surface area contributed by atoms with Crippen molar-refractivity contribution in [3.63, 3.8) is 0 Å². The first-order chi connectivity index (χ1) is 10.2. The fourth-order valence-corrected chi connectivity index (χ4v) is 2.73. The Labute approximate surface area is 126 Å². The smallest absolute Gasteiger partial charge is 0.416 e. The van der Waals surface area contributed by atoms with Gasteiger partial charge < -0.3 is 15.8 Å². The lowest BCUT2D eigenvalue weighted by Crippen LogP contribution is -2.51. The highest BCUT2D eigenvalue weighted by Crippen LogP contribution is 2.41. The number of halogens is 3. The summed E-state index contributed by atoms with van der Waals surface area (Å²) in [6, 6.07) is 2.68. The number of hydrogen-bond acceptors (Lipinski definition) is 4. The van der Waals surface area contributed by atoms with E-state index in [0.29, 0.717) is 17.7 Å². The lowest BCUT2D eigenvalue weighted by Gasteiger charge is -2.40. The molecule has 0 unspecified atom stereocenters. The van der Waals surface area contributed by atoms with Crippen LogP contribution in [0, 0.1) is 0 Å². The van der Waals surface area contributed by atoms with Crippen LogP contribution >= 0.6 is 0 Å². The third-order valence-corrected chi connectivity index (χ3v) is 3.99. The topological polar surface area (TPSA) is 64.3 Å². The second-order valence-corrected chi connectivity index (χ2v) is 5.39. The molecule has 2 atom stereocenters. The Bertz CT molecular complexity index is 574. The van der Waals surface area contributed by atoms with E-state index in [1.165, 1.54) is 6.07 Å². The highest BCUT2D eigenvalue weighted by atomic mass is 19.4. The third-order valence-electron chi connectivity index (χ3n) is 3.99. The number of nitrogens with one attached hydrogen (secondary N) is 1. The van der Waals surface area contributed by atoms with Gasteiger partial charge >= 0.3 is 12.1 Å². The molecule has 1 aliphatic rings. The maximum Gasteiger partial charge on any atom is 0.416 e. The number of alkyl halides is 3. The first-order valence-corrected chi connectivity index (χ1v) is 7.15. The van der Waals surface area contributed by atoms with Gasteiger partial charge in [0.2, 0.25) is 0 Å². The second kappa shape index (κ2) is 5.79. The van der Waals surface area contributed by atoms with Crippen LogP contribution in [0.3, 0.4) is 0 Å². The second-order valence-electron chi connectivity index (χ2n) is 5.39. The fourth-order valence-electron chi connectivity index (χ4n) is 2.73. The molecule has 0 aromatic heterocycles. The van der Waals surface area contributed by atoms with Crippen LogP contribution in [0.5, 0.6) is 0 Å². The number of carbonyl (C=O) groups is 1. The quantitative estimate of drug-likeness (QED) is 0.840. The van der Waals surface area contributed by atoms with Crippen molar-refractivity contribution in [3.05, 3.63) is 29.3 Å². The zero-order chi connectivity index (χ0) is 16.5. The van der Waals surface area contributed by atoms with Crippen molar-refractivity contribution in [2.24, 2.45) is 5.73 Å². The molecule has 22 heavy (non-hydrogen) atoms. The molecular weight excluding hydrogens is 297 g/mol. The van der Waals surface area contributed by atoms with Gasteiger partial charge in [-0.05, 0) is 37.1 Å². The molecule has 1 aromatic rings. The maximum atomic E-state index is 12.8. The molecule has 0 aliphatic carbocycles. The van der Waals surface area contributed by atoms with Crippen molar-refractivity contribution in [2.75, 3.05) is 11.9 Å². The molecule has 1 aromatic carbocycles. The van der Waals surface area contributed by atoms with E-state index in [1.54, 1.807) is 6.92 Å². The van der Waals surface area contributed by atoms with Gasteiger partial charge in [-0.25, -0.2) is 4.79 Å². The summed E-state index contributed by atoms with van der Waals surface area (Å²) in [5.41, 5.74) is 5.09. The Kier molecular flexibility index (Phi) is 4.37. The minimum atomic E-state index is -4.42. The van der Waals surface area contributed by atoms with Crippen LogP contribution in [0.4, 0.5) is 18.9 Å². The molecule has 0 saturated carbocycles. The van der Waals surface area contributed by atoms with Crippen LogP contribution in [0.25, 0.3) is 0 Å². The molecule has 7 heteroatoms. The molecule has 1 heterocycles. The van der Waals surface area contributed by atoms with Crippen LogP contribution in [0.15, 0.2) is 18.2 Å². The zero-order valence-electron chi connectivity index (χ0n) is 12.5. The number of rotatable bonds is 3. The van der Waals surface area contributed by atoms with Gasteiger partial charge in [0.05, 0.1) is 12.2 Å². The number of ether oxygens (including phenoxy) is 1. The van der Waals surface area contributed by atoms with Gasteiger partial charge in [-0.3, -0.25) is 0 Å². The number of nitrogens with two attached hydrogens (primary N) is 1. The van der Waals surface area contributed by atoms with E-state index in [9.17, 15) is 18.0 Å². The van der Waals surface area contributed by atoms with E-state index in [0.717, 1.165) is 12.1 Å². The fraction of sp³-hybridized carbons (Fsp3) is 0.533. The minimum absolute atomic E-state index is 0.191. The van der Waals surface area contributed by atoms with Crippen LogP contribution in [-0.2, 0) is 15.7 Å². The number of carbonyl (C=O) groups excluding carboxylic acids is 1. The molecule has 0 radical (unpaired) electrons. The lowest BCUT2D eigenvalue weighted by atomic mass is 9.81. The number of anilines is 1. The predicted octanol–water partition coefficient (Wildman–Crippen LogP) is 3.23. The van der Waals surface area contributed by atoms with E-state index in [4.69, 9.17) is 10.5 Å². The van der Waals surface area contributed by atoms with Crippen molar-refractivity contribution in [3.8, 4) is 0 Å². The van der Waals surface area contributed by atoms with Gasteiger partial charge in [0.15, 0.2) is 0 Å². The van der Waals surface area contributed by atoms with Crippen molar-refractivity contribution >= 4 is 11.7 Å². The molecule has 3 N–H and O–H groups in total. The van der Waals surface area contributed by atoms with Crippen molar-refractivity contribution in [1.29, 1.82) is 0 Å². The number of benzene rings is 1. The summed E-state index contributed by atoms with van der Waals surface area (Å²) >= 11 is 0. The van der Waals surface area contributed by atoms with Crippen LogP contribution < -0.4 is 11.1 Å². The Hall–Kier alpha value is -1.76. The number of hydrogen-bond donors (Lipinski definition) is 2. The van der Waals surface area contributed by atoms with E-state index >= 15 is 0 Å². The number of esters is 1. The summed E-state index contributed by atoms with van der Waals surface area (Å²) in [5, 5.41) is 3.03. The largest absolute Gasteiger partial charge is 0.464 e. The molecule has 0 amide bonds. The summed E-state index contributed by atoms with van der Waals surface area (Å²) < 4.78 is 43.5. The Morgan fingerprint density at radius 3 is 2.68 bits per heavy atom. The van der Waals surface area contributed by atoms with Gasteiger partial charge in [-0.1, -0.05) is 6.92 Å². The summed E-state index contributed by atoms with van der Waals surface area (Å²) in [7, 11) is 0. The van der Waals surface area contributed by atoms with Gasteiger partial charge in [0, 0.05) is 18.2 Å². The molecule has 0 saturated heterocycles. The van der Waals surface area contributed by atoms with E-state index in [2.05, 4.69) is 5.32 Å². The van der Waals surface area contributed by atoms with Crippen molar-refractivity contribution in [2.45, 2.75) is 44.4 Å². The van der Waals surface area contributed by atoms with E-state index in [1.807, 2.05) is 6.92 Å². The molecule has 1 aliphatic heterocycles. The number of fused-ring (bicyclic) bond motifs is 1. The first-order valence-electron chi connectivity index (χ1n) is 7.15. The SMILES string of the molecule is CCOC(=O)[C@@]1(CC)C[C@H](N)c2cc(C(F)(F)F)ccc2N1. The summed E-state index contributed by atoms with van der Waals surface area (Å²) in [5.74, 6) is -0.432. The third kappa shape index (κ3) is 2.90. The molecule has 0 bridgehead atoms. The predicted molar refractivity (Wildman–Crippen MR) is 76.3 cm³/mol.